The van der Waals surface area contributed by atoms with Gasteiger partial charge in [0.05, 0.1) is 12.1 Å². The molecular weight excluding hydrogens is 244 g/mol. The van der Waals surface area contributed by atoms with Crippen molar-refractivity contribution in [1.29, 1.82) is 0 Å². The number of carbonyl (C=O) groups excluding carboxylic acids is 1. The van der Waals surface area contributed by atoms with Crippen molar-refractivity contribution in [2.24, 2.45) is 11.7 Å². The van der Waals surface area contributed by atoms with Crippen LogP contribution in [0, 0.1) is 5.92 Å². The zero-order valence-electron chi connectivity index (χ0n) is 11.1. The second-order valence-electron chi connectivity index (χ2n) is 4.76. The molecule has 0 aliphatic carbocycles. The van der Waals surface area contributed by atoms with Gasteiger partial charge in [0.15, 0.2) is 0 Å². The van der Waals surface area contributed by atoms with Crippen LogP contribution in [0.5, 0.6) is 0 Å². The van der Waals surface area contributed by atoms with Gasteiger partial charge in [-0.2, -0.15) is 0 Å². The molecule has 1 amide bonds. The molecule has 0 unspecified atom stereocenters. The largest absolute Gasteiger partial charge is 0.467 e. The van der Waals surface area contributed by atoms with Crippen LogP contribution in [0.3, 0.4) is 0 Å². The quantitative estimate of drug-likeness (QED) is 0.860. The maximum atomic E-state index is 12.0. The van der Waals surface area contributed by atoms with E-state index in [0.29, 0.717) is 23.2 Å². The van der Waals surface area contributed by atoms with E-state index in [-0.39, 0.29) is 12.5 Å². The van der Waals surface area contributed by atoms with Crippen molar-refractivity contribution in [1.82, 2.24) is 9.55 Å². The fraction of sp³-hybridized carbons (Fsp3) is 0.385. The van der Waals surface area contributed by atoms with E-state index >= 15 is 0 Å². The molecule has 0 radical (unpaired) electrons. The average Bonchev–Trinajstić information content (AvgIpc) is 2.98. The van der Waals surface area contributed by atoms with Crippen LogP contribution in [0.4, 0.5) is 5.95 Å². The third-order valence-corrected chi connectivity index (χ3v) is 2.62. The van der Waals surface area contributed by atoms with Crippen LogP contribution in [0.15, 0.2) is 29.1 Å². The summed E-state index contributed by atoms with van der Waals surface area (Å²) in [4.78, 5) is 16.2. The van der Waals surface area contributed by atoms with Crippen molar-refractivity contribution in [2.75, 3.05) is 5.32 Å². The molecule has 0 bridgehead atoms. The lowest BCUT2D eigenvalue weighted by molar-refractivity contribution is 0.102. The first-order valence-corrected chi connectivity index (χ1v) is 6.20. The topological polar surface area (TPSA) is 86.1 Å². The molecule has 102 valence electrons. The smallest absolute Gasteiger partial charge is 0.261 e. The van der Waals surface area contributed by atoms with Crippen LogP contribution in [-0.4, -0.2) is 15.5 Å². The summed E-state index contributed by atoms with van der Waals surface area (Å²) in [6.45, 7) is 5.29. The third kappa shape index (κ3) is 3.23. The Bertz CT molecular complexity index is 556. The molecule has 3 N–H and O–H groups in total. The summed E-state index contributed by atoms with van der Waals surface area (Å²) in [6.07, 6.45) is 4.90. The Balaban J connectivity index is 2.08. The van der Waals surface area contributed by atoms with E-state index in [1.165, 1.54) is 6.26 Å². The van der Waals surface area contributed by atoms with Crippen LogP contribution >= 0.6 is 0 Å². The summed E-state index contributed by atoms with van der Waals surface area (Å²) in [5.74, 6) is 1.34. The van der Waals surface area contributed by atoms with Gasteiger partial charge in [0, 0.05) is 18.9 Å². The van der Waals surface area contributed by atoms with Gasteiger partial charge in [-0.1, -0.05) is 13.8 Å². The lowest BCUT2D eigenvalue weighted by Crippen LogP contribution is -2.16. The average molecular weight is 262 g/mol. The number of nitrogens with one attached hydrogen (secondary N) is 1. The highest BCUT2D eigenvalue weighted by Gasteiger charge is 2.13. The van der Waals surface area contributed by atoms with Gasteiger partial charge in [-0.05, 0) is 12.0 Å². The lowest BCUT2D eigenvalue weighted by Gasteiger charge is -2.10. The second kappa shape index (κ2) is 5.71. The van der Waals surface area contributed by atoms with Crippen LogP contribution in [-0.2, 0) is 13.1 Å². The van der Waals surface area contributed by atoms with Crippen LogP contribution < -0.4 is 11.1 Å². The van der Waals surface area contributed by atoms with Gasteiger partial charge in [-0.15, -0.1) is 0 Å². The predicted molar refractivity (Wildman–Crippen MR) is 71.6 cm³/mol. The lowest BCUT2D eigenvalue weighted by atomic mass is 10.2. The number of rotatable bonds is 5. The van der Waals surface area contributed by atoms with Crippen LogP contribution in [0.2, 0.25) is 0 Å². The van der Waals surface area contributed by atoms with E-state index in [2.05, 4.69) is 24.1 Å². The number of aromatic nitrogens is 2. The fourth-order valence-corrected chi connectivity index (χ4v) is 1.75. The van der Waals surface area contributed by atoms with Gasteiger partial charge in [0.1, 0.15) is 12.0 Å². The second-order valence-corrected chi connectivity index (χ2v) is 4.76. The van der Waals surface area contributed by atoms with Crippen molar-refractivity contribution >= 4 is 11.9 Å². The molecule has 2 heterocycles. The Kier molecular flexibility index (Phi) is 4.01. The minimum Gasteiger partial charge on any atom is -0.467 e. The molecule has 0 fully saturated rings. The van der Waals surface area contributed by atoms with E-state index < -0.39 is 0 Å². The van der Waals surface area contributed by atoms with Crippen molar-refractivity contribution in [3.05, 3.63) is 36.0 Å². The summed E-state index contributed by atoms with van der Waals surface area (Å²) in [6, 6.07) is 1.63. The molecule has 2 rings (SSSR count). The highest BCUT2D eigenvalue weighted by Crippen LogP contribution is 2.12. The first-order chi connectivity index (χ1) is 9.10. The molecule has 0 spiro atoms. The molecule has 2 aromatic rings. The Labute approximate surface area is 111 Å². The Hall–Kier alpha value is -2.08. The molecule has 0 aromatic carbocycles. The highest BCUT2D eigenvalue weighted by atomic mass is 16.3. The maximum Gasteiger partial charge on any atom is 0.261 e. The number of hydrogen-bond acceptors (Lipinski definition) is 4. The Morgan fingerprint density at radius 1 is 1.58 bits per heavy atom. The van der Waals surface area contributed by atoms with E-state index in [4.69, 9.17) is 10.2 Å². The van der Waals surface area contributed by atoms with Crippen molar-refractivity contribution < 1.29 is 9.21 Å². The number of hydrogen-bond donors (Lipinski definition) is 2. The number of amides is 1. The first kappa shape index (κ1) is 13.4. The van der Waals surface area contributed by atoms with E-state index in [9.17, 15) is 4.79 Å². The fourth-order valence-electron chi connectivity index (χ4n) is 1.75. The molecule has 6 nitrogen and oxygen atoms in total. The van der Waals surface area contributed by atoms with Crippen LogP contribution in [0.1, 0.15) is 30.0 Å². The monoisotopic (exact) mass is 262 g/mol. The Morgan fingerprint density at radius 3 is 3.00 bits per heavy atom. The minimum atomic E-state index is -0.250. The number of nitrogens with zero attached hydrogens (tertiary/aromatic N) is 2. The van der Waals surface area contributed by atoms with Gasteiger partial charge >= 0.3 is 0 Å². The molecule has 0 saturated heterocycles. The summed E-state index contributed by atoms with van der Waals surface area (Å²) in [5.41, 5.74) is 5.88. The predicted octanol–water partition coefficient (Wildman–Crippen LogP) is 1.84. The highest BCUT2D eigenvalue weighted by molar-refractivity contribution is 6.03. The van der Waals surface area contributed by atoms with E-state index in [1.807, 2.05) is 10.8 Å². The zero-order chi connectivity index (χ0) is 13.8. The minimum absolute atomic E-state index is 0.250. The molecule has 2 aromatic heterocycles. The van der Waals surface area contributed by atoms with Gasteiger partial charge in [-0.25, -0.2) is 4.98 Å². The molecule has 0 saturated carbocycles. The summed E-state index contributed by atoms with van der Waals surface area (Å²) >= 11 is 0. The normalized spacial score (nSPS) is 10.9. The maximum absolute atomic E-state index is 12.0. The summed E-state index contributed by atoms with van der Waals surface area (Å²) in [7, 11) is 0. The molecule has 19 heavy (non-hydrogen) atoms. The van der Waals surface area contributed by atoms with Crippen LogP contribution in [0.25, 0.3) is 0 Å². The van der Waals surface area contributed by atoms with Gasteiger partial charge in [0.25, 0.3) is 5.91 Å². The molecular formula is C13H18N4O2. The van der Waals surface area contributed by atoms with Gasteiger partial charge in [0.2, 0.25) is 5.95 Å². The SMILES string of the molecule is CC(C)Cn1ccnc1NC(=O)c1coc(CN)c1. The Morgan fingerprint density at radius 2 is 2.37 bits per heavy atom. The van der Waals surface area contributed by atoms with Gasteiger partial charge in [-0.3, -0.25) is 10.1 Å². The molecule has 6 heteroatoms. The first-order valence-electron chi connectivity index (χ1n) is 6.20. The molecule has 0 aliphatic rings. The molecule has 0 atom stereocenters. The number of anilines is 1. The van der Waals surface area contributed by atoms with Crippen molar-refractivity contribution in [3.8, 4) is 0 Å². The van der Waals surface area contributed by atoms with Gasteiger partial charge < -0.3 is 14.7 Å². The third-order valence-electron chi connectivity index (χ3n) is 2.62. The standard InChI is InChI=1S/C13H18N4O2/c1-9(2)7-17-4-3-15-13(17)16-12(18)10-5-11(6-14)19-8-10/h3-5,8-9H,6-7,14H2,1-2H3,(H,15,16,18). The summed E-state index contributed by atoms with van der Waals surface area (Å²) < 4.78 is 7.05. The van der Waals surface area contributed by atoms with E-state index in [0.717, 1.165) is 6.54 Å². The zero-order valence-corrected chi connectivity index (χ0v) is 11.1. The van der Waals surface area contributed by atoms with Crippen molar-refractivity contribution in [2.45, 2.75) is 26.9 Å². The molecule has 0 aliphatic heterocycles. The number of carbonyl (C=O) groups is 1. The number of nitrogens with two attached hydrogens (primary N) is 1. The van der Waals surface area contributed by atoms with E-state index in [1.54, 1.807) is 12.3 Å². The summed E-state index contributed by atoms with van der Waals surface area (Å²) in [5, 5.41) is 2.76. The number of imidazole rings is 1. The van der Waals surface area contributed by atoms with Crippen molar-refractivity contribution in [3.63, 3.8) is 0 Å². The number of furan rings is 1.